The molecule has 0 amide bonds. The van der Waals surface area contributed by atoms with Gasteiger partial charge in [-0.05, 0) is 37.0 Å². The Morgan fingerprint density at radius 1 is 1.08 bits per heavy atom. The zero-order valence-electron chi connectivity index (χ0n) is 8.43. The van der Waals surface area contributed by atoms with Crippen molar-refractivity contribution in [1.29, 1.82) is 5.53 Å². The molecule has 0 atom stereocenters. The maximum atomic E-state index is 6.94. The van der Waals surface area contributed by atoms with Crippen molar-refractivity contribution in [2.75, 3.05) is 0 Å². The van der Waals surface area contributed by atoms with Crippen molar-refractivity contribution in [3.8, 4) is 0 Å². The Morgan fingerprint density at radius 2 is 1.58 bits per heavy atom. The average molecular weight is 168 g/mol. The predicted molar refractivity (Wildman–Crippen MR) is 50.3 cm³/mol. The Hall–Kier alpha value is -0.400. The fourth-order valence-electron chi connectivity index (χ4n) is 2.07. The van der Waals surface area contributed by atoms with Crippen LogP contribution in [0.1, 0.15) is 46.5 Å². The standard InChI is InChI=1S/C10H20N2/c1-10(2,3)8-4-6-9(12-11)7-5-8/h8-9,11H,4-7H2,1-3H3. The van der Waals surface area contributed by atoms with Gasteiger partial charge in [0.05, 0.1) is 6.04 Å². The van der Waals surface area contributed by atoms with Crippen molar-refractivity contribution in [2.24, 2.45) is 16.4 Å². The first-order valence-corrected chi connectivity index (χ1v) is 4.90. The molecule has 1 saturated carbocycles. The van der Waals surface area contributed by atoms with Crippen molar-refractivity contribution in [3.63, 3.8) is 0 Å². The zero-order valence-corrected chi connectivity index (χ0v) is 8.43. The molecule has 1 rings (SSSR count). The number of nitrogens with zero attached hydrogens (tertiary/aromatic N) is 1. The van der Waals surface area contributed by atoms with Gasteiger partial charge < -0.3 is 0 Å². The molecule has 0 aromatic rings. The summed E-state index contributed by atoms with van der Waals surface area (Å²) in [6, 6.07) is 0.337. The molecule has 2 heteroatoms. The van der Waals surface area contributed by atoms with E-state index in [0.29, 0.717) is 11.5 Å². The highest BCUT2D eigenvalue weighted by molar-refractivity contribution is 4.82. The van der Waals surface area contributed by atoms with Crippen LogP contribution in [0.15, 0.2) is 5.11 Å². The first kappa shape index (κ1) is 9.69. The topological polar surface area (TPSA) is 36.2 Å². The lowest BCUT2D eigenvalue weighted by Crippen LogP contribution is -2.26. The lowest BCUT2D eigenvalue weighted by Gasteiger charge is -2.35. The molecular formula is C10H20N2. The molecule has 1 aliphatic rings. The molecule has 0 radical (unpaired) electrons. The van der Waals surface area contributed by atoms with Gasteiger partial charge in [-0.25, -0.2) is 5.53 Å². The molecule has 1 aliphatic carbocycles. The van der Waals surface area contributed by atoms with Crippen molar-refractivity contribution < 1.29 is 0 Å². The molecule has 0 aliphatic heterocycles. The minimum Gasteiger partial charge on any atom is -0.210 e. The smallest absolute Gasteiger partial charge is 0.0706 e. The van der Waals surface area contributed by atoms with Crippen LogP contribution in [0.5, 0.6) is 0 Å². The Labute approximate surface area is 75.3 Å². The van der Waals surface area contributed by atoms with Crippen molar-refractivity contribution in [1.82, 2.24) is 0 Å². The largest absolute Gasteiger partial charge is 0.210 e. The Morgan fingerprint density at radius 3 is 1.92 bits per heavy atom. The van der Waals surface area contributed by atoms with Crippen LogP contribution < -0.4 is 0 Å². The van der Waals surface area contributed by atoms with Gasteiger partial charge in [0.15, 0.2) is 0 Å². The molecule has 12 heavy (non-hydrogen) atoms. The molecule has 0 unspecified atom stereocenters. The molecule has 70 valence electrons. The van der Waals surface area contributed by atoms with Crippen LogP contribution in [0.2, 0.25) is 0 Å². The minimum absolute atomic E-state index is 0.337. The number of nitrogens with one attached hydrogen (secondary N) is 1. The van der Waals surface area contributed by atoms with E-state index in [1.807, 2.05) is 0 Å². The molecule has 0 heterocycles. The van der Waals surface area contributed by atoms with Crippen molar-refractivity contribution in [3.05, 3.63) is 0 Å². The Bertz CT molecular complexity index is 150. The highest BCUT2D eigenvalue weighted by Gasteiger charge is 2.29. The van der Waals surface area contributed by atoms with Crippen molar-refractivity contribution in [2.45, 2.75) is 52.5 Å². The second kappa shape index (κ2) is 3.55. The first-order valence-electron chi connectivity index (χ1n) is 4.90. The van der Waals surface area contributed by atoms with Gasteiger partial charge in [0, 0.05) is 0 Å². The lowest BCUT2D eigenvalue weighted by molar-refractivity contribution is 0.168. The lowest BCUT2D eigenvalue weighted by atomic mass is 9.71. The molecule has 0 bridgehead atoms. The summed E-state index contributed by atoms with van der Waals surface area (Å²) in [5.41, 5.74) is 7.40. The molecule has 0 aromatic carbocycles. The molecule has 0 spiro atoms. The number of rotatable bonds is 1. The van der Waals surface area contributed by atoms with Gasteiger partial charge in [0.1, 0.15) is 0 Å². The van der Waals surface area contributed by atoms with Gasteiger partial charge in [-0.3, -0.25) is 0 Å². The summed E-state index contributed by atoms with van der Waals surface area (Å²) >= 11 is 0. The molecule has 1 fully saturated rings. The van der Waals surface area contributed by atoms with Gasteiger partial charge in [-0.15, -0.1) is 0 Å². The summed E-state index contributed by atoms with van der Waals surface area (Å²) in [4.78, 5) is 0. The molecule has 0 saturated heterocycles. The Kier molecular flexibility index (Phi) is 2.86. The summed E-state index contributed by atoms with van der Waals surface area (Å²) in [5, 5.41) is 3.61. The third-order valence-corrected chi connectivity index (χ3v) is 3.10. The second-order valence-electron chi connectivity index (χ2n) is 5.00. The SMILES string of the molecule is CC(C)(C)C1CCC(N=N)CC1. The van der Waals surface area contributed by atoms with Crippen LogP contribution in [0.25, 0.3) is 0 Å². The quantitative estimate of drug-likeness (QED) is 0.580. The van der Waals surface area contributed by atoms with Crippen LogP contribution in [-0.2, 0) is 0 Å². The molecule has 2 nitrogen and oxygen atoms in total. The highest BCUT2D eigenvalue weighted by atomic mass is 15.0. The molecule has 1 N–H and O–H groups in total. The van der Waals surface area contributed by atoms with E-state index < -0.39 is 0 Å². The maximum Gasteiger partial charge on any atom is 0.0706 e. The third-order valence-electron chi connectivity index (χ3n) is 3.10. The first-order chi connectivity index (χ1) is 5.54. The van der Waals surface area contributed by atoms with E-state index in [1.54, 1.807) is 0 Å². The fourth-order valence-corrected chi connectivity index (χ4v) is 2.07. The maximum absolute atomic E-state index is 6.94. The Balaban J connectivity index is 2.41. The van der Waals surface area contributed by atoms with Gasteiger partial charge in [0.2, 0.25) is 0 Å². The molecule has 0 aromatic heterocycles. The monoisotopic (exact) mass is 168 g/mol. The van der Waals surface area contributed by atoms with Crippen LogP contribution in [0, 0.1) is 16.9 Å². The van der Waals surface area contributed by atoms with E-state index >= 15 is 0 Å². The summed E-state index contributed by atoms with van der Waals surface area (Å²) in [5.74, 6) is 0.843. The van der Waals surface area contributed by atoms with Crippen LogP contribution in [-0.4, -0.2) is 6.04 Å². The summed E-state index contributed by atoms with van der Waals surface area (Å²) < 4.78 is 0. The van der Waals surface area contributed by atoms with Gasteiger partial charge in [-0.2, -0.15) is 5.11 Å². The zero-order chi connectivity index (χ0) is 9.19. The predicted octanol–water partition coefficient (Wildman–Crippen LogP) is 3.62. The van der Waals surface area contributed by atoms with Crippen LogP contribution >= 0.6 is 0 Å². The minimum atomic E-state index is 0.337. The summed E-state index contributed by atoms with van der Waals surface area (Å²) in [6.07, 6.45) is 4.78. The van der Waals surface area contributed by atoms with E-state index in [4.69, 9.17) is 5.53 Å². The molecular weight excluding hydrogens is 148 g/mol. The summed E-state index contributed by atoms with van der Waals surface area (Å²) in [6.45, 7) is 6.95. The highest BCUT2D eigenvalue weighted by Crippen LogP contribution is 2.38. The number of hydrogen-bond acceptors (Lipinski definition) is 2. The normalized spacial score (nSPS) is 31.6. The van der Waals surface area contributed by atoms with E-state index in [2.05, 4.69) is 25.9 Å². The van der Waals surface area contributed by atoms with Gasteiger partial charge in [-0.1, -0.05) is 20.8 Å². The van der Waals surface area contributed by atoms with Crippen LogP contribution in [0.4, 0.5) is 0 Å². The van der Waals surface area contributed by atoms with E-state index in [9.17, 15) is 0 Å². The summed E-state index contributed by atoms with van der Waals surface area (Å²) in [7, 11) is 0. The van der Waals surface area contributed by atoms with Crippen LogP contribution in [0.3, 0.4) is 0 Å². The third kappa shape index (κ3) is 2.29. The van der Waals surface area contributed by atoms with E-state index in [0.717, 1.165) is 18.8 Å². The average Bonchev–Trinajstić information content (AvgIpc) is 2.03. The fraction of sp³-hybridized carbons (Fsp3) is 1.00. The van der Waals surface area contributed by atoms with E-state index in [1.165, 1.54) is 12.8 Å². The van der Waals surface area contributed by atoms with E-state index in [-0.39, 0.29) is 0 Å². The number of hydrogen-bond donors (Lipinski definition) is 1. The van der Waals surface area contributed by atoms with Crippen molar-refractivity contribution >= 4 is 0 Å². The van der Waals surface area contributed by atoms with Gasteiger partial charge >= 0.3 is 0 Å². The van der Waals surface area contributed by atoms with Gasteiger partial charge in [0.25, 0.3) is 0 Å². The second-order valence-corrected chi connectivity index (χ2v) is 5.00.